The average Bonchev–Trinajstić information content (AvgIpc) is 2.32. The summed E-state index contributed by atoms with van der Waals surface area (Å²) in [6, 6.07) is 0.693. The van der Waals surface area contributed by atoms with Crippen molar-refractivity contribution in [3.63, 3.8) is 0 Å². The number of aliphatic hydroxyl groups is 1. The third-order valence-corrected chi connectivity index (χ3v) is 3.96. The Bertz CT molecular complexity index is 183. The van der Waals surface area contributed by atoms with E-state index in [0.29, 0.717) is 18.6 Å². The van der Waals surface area contributed by atoms with Gasteiger partial charge in [-0.05, 0) is 38.8 Å². The molecule has 1 fully saturated rings. The van der Waals surface area contributed by atoms with E-state index < -0.39 is 0 Å². The molecule has 0 aromatic carbocycles. The van der Waals surface area contributed by atoms with Gasteiger partial charge in [0.15, 0.2) is 0 Å². The molecule has 1 rings (SSSR count). The molecular weight excluding hydrogens is 200 g/mol. The van der Waals surface area contributed by atoms with Crippen LogP contribution in [-0.4, -0.2) is 60.3 Å². The van der Waals surface area contributed by atoms with Gasteiger partial charge in [0.1, 0.15) is 0 Å². The zero-order valence-electron chi connectivity index (χ0n) is 11.2. The summed E-state index contributed by atoms with van der Waals surface area (Å²) in [7, 11) is 0. The van der Waals surface area contributed by atoms with Gasteiger partial charge in [-0.3, -0.25) is 4.90 Å². The molecule has 0 aromatic rings. The second-order valence-corrected chi connectivity index (χ2v) is 5.00. The maximum absolute atomic E-state index is 9.23. The van der Waals surface area contributed by atoms with Crippen LogP contribution >= 0.6 is 0 Å². The number of piperidine rings is 1. The van der Waals surface area contributed by atoms with E-state index in [1.807, 2.05) is 0 Å². The summed E-state index contributed by atoms with van der Waals surface area (Å²) in [5, 5.41) is 9.23. The number of likely N-dealkylation sites (N-methyl/N-ethyl adjacent to an activating group) is 1. The van der Waals surface area contributed by atoms with Crippen molar-refractivity contribution in [1.82, 2.24) is 9.80 Å². The third-order valence-electron chi connectivity index (χ3n) is 3.96. The van der Waals surface area contributed by atoms with Gasteiger partial charge in [-0.1, -0.05) is 13.8 Å². The average molecular weight is 228 g/mol. The molecule has 1 aliphatic heterocycles. The van der Waals surface area contributed by atoms with E-state index in [9.17, 15) is 5.11 Å². The number of hydrogen-bond acceptors (Lipinski definition) is 3. The molecular formula is C13H28N2O. The SMILES string of the molecule is CCN(CC)CCN1CC(CO)CCC1C. The molecule has 16 heavy (non-hydrogen) atoms. The van der Waals surface area contributed by atoms with Crippen LogP contribution in [0.3, 0.4) is 0 Å². The fraction of sp³-hybridized carbons (Fsp3) is 1.00. The van der Waals surface area contributed by atoms with Crippen LogP contribution in [0.4, 0.5) is 0 Å². The molecule has 2 atom stereocenters. The molecule has 3 heteroatoms. The van der Waals surface area contributed by atoms with E-state index in [0.717, 1.165) is 32.7 Å². The standard InChI is InChI=1S/C13H28N2O/c1-4-14(5-2)8-9-15-10-13(11-16)7-6-12(15)3/h12-13,16H,4-11H2,1-3H3. The summed E-state index contributed by atoms with van der Waals surface area (Å²) in [6.07, 6.45) is 2.43. The minimum Gasteiger partial charge on any atom is -0.396 e. The summed E-state index contributed by atoms with van der Waals surface area (Å²) in [5.41, 5.74) is 0. The van der Waals surface area contributed by atoms with Gasteiger partial charge < -0.3 is 10.0 Å². The van der Waals surface area contributed by atoms with Crippen LogP contribution in [0.5, 0.6) is 0 Å². The molecule has 1 aliphatic rings. The highest BCUT2D eigenvalue weighted by molar-refractivity contribution is 4.79. The minimum absolute atomic E-state index is 0.356. The Hall–Kier alpha value is -0.120. The maximum Gasteiger partial charge on any atom is 0.0471 e. The zero-order chi connectivity index (χ0) is 12.0. The smallest absolute Gasteiger partial charge is 0.0471 e. The lowest BCUT2D eigenvalue weighted by molar-refractivity contribution is 0.0742. The molecule has 1 saturated heterocycles. The van der Waals surface area contributed by atoms with Crippen LogP contribution in [0, 0.1) is 5.92 Å². The van der Waals surface area contributed by atoms with Gasteiger partial charge in [-0.25, -0.2) is 0 Å². The first-order valence-corrected chi connectivity index (χ1v) is 6.78. The van der Waals surface area contributed by atoms with Crippen molar-refractivity contribution in [2.45, 2.75) is 39.7 Å². The first-order chi connectivity index (χ1) is 7.71. The monoisotopic (exact) mass is 228 g/mol. The van der Waals surface area contributed by atoms with E-state index in [4.69, 9.17) is 0 Å². The first kappa shape index (κ1) is 13.9. The number of rotatable bonds is 6. The summed E-state index contributed by atoms with van der Waals surface area (Å²) >= 11 is 0. The lowest BCUT2D eigenvalue weighted by Crippen LogP contribution is -2.46. The molecule has 2 unspecified atom stereocenters. The van der Waals surface area contributed by atoms with Crippen LogP contribution in [0.2, 0.25) is 0 Å². The van der Waals surface area contributed by atoms with E-state index >= 15 is 0 Å². The lowest BCUT2D eigenvalue weighted by Gasteiger charge is -2.38. The van der Waals surface area contributed by atoms with E-state index in [2.05, 4.69) is 30.6 Å². The minimum atomic E-state index is 0.356. The quantitative estimate of drug-likeness (QED) is 0.745. The fourth-order valence-electron chi connectivity index (χ4n) is 2.53. The second kappa shape index (κ2) is 7.25. The van der Waals surface area contributed by atoms with E-state index in [-0.39, 0.29) is 0 Å². The molecule has 0 saturated carbocycles. The molecule has 3 nitrogen and oxygen atoms in total. The number of hydrogen-bond donors (Lipinski definition) is 1. The Morgan fingerprint density at radius 2 is 1.94 bits per heavy atom. The normalized spacial score (nSPS) is 27.6. The molecule has 0 radical (unpaired) electrons. The lowest BCUT2D eigenvalue weighted by atomic mass is 9.94. The van der Waals surface area contributed by atoms with Crippen molar-refractivity contribution in [3.05, 3.63) is 0 Å². The van der Waals surface area contributed by atoms with Gasteiger partial charge in [-0.15, -0.1) is 0 Å². The van der Waals surface area contributed by atoms with Gasteiger partial charge >= 0.3 is 0 Å². The molecule has 1 N–H and O–H groups in total. The second-order valence-electron chi connectivity index (χ2n) is 5.00. The van der Waals surface area contributed by atoms with Crippen molar-refractivity contribution >= 4 is 0 Å². The van der Waals surface area contributed by atoms with E-state index in [1.165, 1.54) is 12.8 Å². The Labute approximate surface area is 100 Å². The first-order valence-electron chi connectivity index (χ1n) is 6.78. The Kier molecular flexibility index (Phi) is 6.32. The Morgan fingerprint density at radius 3 is 2.50 bits per heavy atom. The number of likely N-dealkylation sites (tertiary alicyclic amines) is 1. The van der Waals surface area contributed by atoms with Crippen LogP contribution < -0.4 is 0 Å². The highest BCUT2D eigenvalue weighted by Crippen LogP contribution is 2.21. The largest absolute Gasteiger partial charge is 0.396 e. The van der Waals surface area contributed by atoms with Gasteiger partial charge in [0.05, 0.1) is 0 Å². The van der Waals surface area contributed by atoms with Crippen molar-refractivity contribution in [2.24, 2.45) is 5.92 Å². The molecule has 96 valence electrons. The molecule has 0 amide bonds. The predicted molar refractivity (Wildman–Crippen MR) is 68.6 cm³/mol. The number of aliphatic hydroxyl groups excluding tert-OH is 1. The topological polar surface area (TPSA) is 26.7 Å². The third kappa shape index (κ3) is 4.04. The molecule has 0 bridgehead atoms. The molecule has 0 aliphatic carbocycles. The molecule has 0 aromatic heterocycles. The van der Waals surface area contributed by atoms with Crippen molar-refractivity contribution in [1.29, 1.82) is 0 Å². The van der Waals surface area contributed by atoms with Crippen molar-refractivity contribution in [3.8, 4) is 0 Å². The van der Waals surface area contributed by atoms with E-state index in [1.54, 1.807) is 0 Å². The predicted octanol–water partition coefficient (Wildman–Crippen LogP) is 1.42. The van der Waals surface area contributed by atoms with Crippen LogP contribution in [0.1, 0.15) is 33.6 Å². The Morgan fingerprint density at radius 1 is 1.25 bits per heavy atom. The highest BCUT2D eigenvalue weighted by Gasteiger charge is 2.24. The highest BCUT2D eigenvalue weighted by atomic mass is 16.3. The van der Waals surface area contributed by atoms with Gasteiger partial charge in [0.25, 0.3) is 0 Å². The van der Waals surface area contributed by atoms with Gasteiger partial charge in [0, 0.05) is 32.3 Å². The summed E-state index contributed by atoms with van der Waals surface area (Å²) in [5.74, 6) is 0.507. The van der Waals surface area contributed by atoms with Crippen LogP contribution in [0.25, 0.3) is 0 Å². The zero-order valence-corrected chi connectivity index (χ0v) is 11.2. The number of nitrogens with zero attached hydrogens (tertiary/aromatic N) is 2. The summed E-state index contributed by atoms with van der Waals surface area (Å²) < 4.78 is 0. The van der Waals surface area contributed by atoms with Gasteiger partial charge in [-0.2, -0.15) is 0 Å². The summed E-state index contributed by atoms with van der Waals surface area (Å²) in [6.45, 7) is 12.8. The van der Waals surface area contributed by atoms with Crippen LogP contribution in [0.15, 0.2) is 0 Å². The molecule has 0 spiro atoms. The summed E-state index contributed by atoms with van der Waals surface area (Å²) in [4.78, 5) is 5.01. The van der Waals surface area contributed by atoms with Gasteiger partial charge in [0.2, 0.25) is 0 Å². The Balaban J connectivity index is 2.33. The van der Waals surface area contributed by atoms with Crippen LogP contribution in [-0.2, 0) is 0 Å². The fourth-order valence-corrected chi connectivity index (χ4v) is 2.53. The van der Waals surface area contributed by atoms with Crippen molar-refractivity contribution in [2.75, 3.05) is 39.3 Å². The van der Waals surface area contributed by atoms with Crippen molar-refractivity contribution < 1.29 is 5.11 Å². The maximum atomic E-state index is 9.23. The molecule has 1 heterocycles.